The maximum Gasteiger partial charge on any atom is 0.407 e. The van der Waals surface area contributed by atoms with Gasteiger partial charge in [-0.1, -0.05) is 44.2 Å². The maximum atomic E-state index is 13.1. The molecule has 2 fully saturated rings. The Morgan fingerprint density at radius 1 is 1.15 bits per heavy atom. The van der Waals surface area contributed by atoms with Crippen molar-refractivity contribution in [3.63, 3.8) is 0 Å². The normalized spacial score (nSPS) is 21.6. The number of hydrogen-bond donors (Lipinski definition) is 5. The van der Waals surface area contributed by atoms with Crippen LogP contribution in [0.15, 0.2) is 30.3 Å². The van der Waals surface area contributed by atoms with Crippen LogP contribution in [-0.2, 0) is 35.8 Å². The molecule has 13 nitrogen and oxygen atoms in total. The molecule has 0 spiro atoms. The highest BCUT2D eigenvalue weighted by molar-refractivity contribution is 7.86. The van der Waals surface area contributed by atoms with Gasteiger partial charge in [-0.3, -0.25) is 18.9 Å². The first-order valence-electron chi connectivity index (χ1n) is 13.3. The van der Waals surface area contributed by atoms with Gasteiger partial charge in [-0.15, -0.1) is 0 Å². The van der Waals surface area contributed by atoms with Crippen LogP contribution in [0.4, 0.5) is 4.79 Å². The fourth-order valence-corrected chi connectivity index (χ4v) is 5.53. The number of hydrogen-bond acceptors (Lipinski definition) is 8. The summed E-state index contributed by atoms with van der Waals surface area (Å²) < 4.78 is 38.1. The molecule has 2 heterocycles. The smallest absolute Gasteiger partial charge is 0.407 e. The molecule has 2 saturated heterocycles. The molecule has 222 valence electrons. The molecule has 40 heavy (non-hydrogen) atoms. The second-order valence-corrected chi connectivity index (χ2v) is 12.2. The number of nitrogens with zero attached hydrogens (tertiary/aromatic N) is 1. The van der Waals surface area contributed by atoms with Crippen molar-refractivity contribution in [2.24, 2.45) is 11.8 Å². The van der Waals surface area contributed by atoms with E-state index in [1.54, 1.807) is 4.90 Å². The summed E-state index contributed by atoms with van der Waals surface area (Å²) in [5.41, 5.74) is -1.43. The highest BCUT2D eigenvalue weighted by Gasteiger charge is 2.38. The van der Waals surface area contributed by atoms with Crippen LogP contribution in [0.5, 0.6) is 0 Å². The molecule has 2 aliphatic heterocycles. The topological polar surface area (TPSA) is 191 Å². The Morgan fingerprint density at radius 3 is 2.45 bits per heavy atom. The van der Waals surface area contributed by atoms with Gasteiger partial charge < -0.3 is 30.7 Å². The van der Waals surface area contributed by atoms with Crippen LogP contribution in [-0.4, -0.2) is 83.5 Å². The van der Waals surface area contributed by atoms with Gasteiger partial charge in [0.15, 0.2) is 0 Å². The minimum atomic E-state index is -4.96. The lowest BCUT2D eigenvalue weighted by Crippen LogP contribution is -2.55. The molecule has 1 unspecified atom stereocenters. The number of carbonyl (C=O) groups excluding carboxylic acids is 4. The number of likely N-dealkylation sites (tertiary alicyclic amines) is 1. The summed E-state index contributed by atoms with van der Waals surface area (Å²) in [4.78, 5) is 51.9. The molecule has 0 saturated carbocycles. The lowest BCUT2D eigenvalue weighted by Gasteiger charge is -2.28. The molecule has 2 aliphatic rings. The van der Waals surface area contributed by atoms with Crippen LogP contribution in [0.25, 0.3) is 0 Å². The molecule has 0 aromatic heterocycles. The van der Waals surface area contributed by atoms with E-state index in [9.17, 15) is 37.3 Å². The monoisotopic (exact) mass is 582 g/mol. The van der Waals surface area contributed by atoms with E-state index in [4.69, 9.17) is 4.74 Å². The molecule has 5 atom stereocenters. The van der Waals surface area contributed by atoms with Gasteiger partial charge >= 0.3 is 6.09 Å². The van der Waals surface area contributed by atoms with Crippen LogP contribution in [0, 0.1) is 11.8 Å². The van der Waals surface area contributed by atoms with E-state index in [0.717, 1.165) is 5.56 Å². The number of benzene rings is 1. The first-order chi connectivity index (χ1) is 18.8. The SMILES string of the molecule is CC(C)C[C@H](NC(=O)OC[C@@H]1CCC(=O)N1Cc1ccccc1)C(=O)N[C@@H](C[C@@H]1CCNC1=O)C(O)S(=O)(=O)O. The summed E-state index contributed by atoms with van der Waals surface area (Å²) in [7, 11) is -4.96. The first-order valence-corrected chi connectivity index (χ1v) is 14.8. The van der Waals surface area contributed by atoms with E-state index in [0.29, 0.717) is 32.4 Å². The van der Waals surface area contributed by atoms with E-state index >= 15 is 0 Å². The first kappa shape index (κ1) is 31.3. The minimum absolute atomic E-state index is 0.0469. The van der Waals surface area contributed by atoms with Gasteiger partial charge in [0.1, 0.15) is 12.6 Å². The molecular formula is C26H38N4O9S. The quantitative estimate of drug-likeness (QED) is 0.207. The predicted octanol–water partition coefficient (Wildman–Crippen LogP) is 0.536. The van der Waals surface area contributed by atoms with Crippen molar-refractivity contribution >= 4 is 33.9 Å². The molecule has 5 N–H and O–H groups in total. The van der Waals surface area contributed by atoms with Crippen molar-refractivity contribution in [2.45, 2.75) is 76.1 Å². The number of aliphatic hydroxyl groups is 1. The fraction of sp³-hybridized carbons (Fsp3) is 0.615. The van der Waals surface area contributed by atoms with Crippen LogP contribution < -0.4 is 16.0 Å². The summed E-state index contributed by atoms with van der Waals surface area (Å²) in [5.74, 6) is -1.95. The number of alkyl carbamates (subject to hydrolysis) is 1. The largest absolute Gasteiger partial charge is 0.447 e. The van der Waals surface area contributed by atoms with Crippen molar-refractivity contribution < 1.29 is 42.0 Å². The zero-order chi connectivity index (χ0) is 29.4. The van der Waals surface area contributed by atoms with Crippen LogP contribution in [0.3, 0.4) is 0 Å². The molecule has 0 radical (unpaired) electrons. The molecule has 0 bridgehead atoms. The zero-order valence-electron chi connectivity index (χ0n) is 22.6. The molecule has 3 rings (SSSR count). The molecule has 1 aromatic carbocycles. The van der Waals surface area contributed by atoms with E-state index < -0.39 is 45.6 Å². The highest BCUT2D eigenvalue weighted by atomic mass is 32.2. The van der Waals surface area contributed by atoms with E-state index in [1.807, 2.05) is 44.2 Å². The Hall–Kier alpha value is -3.23. The number of rotatable bonds is 13. The minimum Gasteiger partial charge on any atom is -0.447 e. The standard InChI is InChI=1S/C26H38N4O9S/c1-16(2)12-20(24(33)28-21(25(34)40(36,37)38)13-18-10-11-27-23(18)32)29-26(35)39-15-19-8-9-22(31)30(19)14-17-6-4-3-5-7-17/h3-7,16,18-21,25,34H,8-15H2,1-2H3,(H,27,32)(H,28,33)(H,29,35)(H,36,37,38)/t18-,19-,20-,21-,25?/m0/s1. The molecule has 1 aromatic rings. The number of aliphatic hydroxyl groups excluding tert-OH is 1. The number of ether oxygens (including phenoxy) is 1. The Labute approximate surface area is 233 Å². The van der Waals surface area contributed by atoms with Gasteiger partial charge in [-0.25, -0.2) is 4.79 Å². The van der Waals surface area contributed by atoms with Gasteiger partial charge in [0.25, 0.3) is 10.1 Å². The van der Waals surface area contributed by atoms with Gasteiger partial charge in [0.2, 0.25) is 23.2 Å². The van der Waals surface area contributed by atoms with E-state index in [2.05, 4.69) is 16.0 Å². The Balaban J connectivity index is 1.62. The fourth-order valence-electron chi connectivity index (χ4n) is 4.94. The highest BCUT2D eigenvalue weighted by Crippen LogP contribution is 2.22. The van der Waals surface area contributed by atoms with Crippen molar-refractivity contribution in [1.29, 1.82) is 0 Å². The third-order valence-electron chi connectivity index (χ3n) is 7.05. The predicted molar refractivity (Wildman–Crippen MR) is 143 cm³/mol. The summed E-state index contributed by atoms with van der Waals surface area (Å²) in [5, 5.41) is 17.7. The van der Waals surface area contributed by atoms with Crippen molar-refractivity contribution in [3.8, 4) is 0 Å². The van der Waals surface area contributed by atoms with Gasteiger partial charge in [-0.2, -0.15) is 8.42 Å². The molecule has 4 amide bonds. The van der Waals surface area contributed by atoms with Gasteiger partial charge in [0, 0.05) is 25.4 Å². The maximum absolute atomic E-state index is 13.1. The Bertz CT molecular complexity index is 1160. The number of amides is 4. The summed E-state index contributed by atoms with van der Waals surface area (Å²) in [6, 6.07) is 6.43. The van der Waals surface area contributed by atoms with Gasteiger partial charge in [-0.05, 0) is 37.2 Å². The second-order valence-electron chi connectivity index (χ2n) is 10.7. The second kappa shape index (κ2) is 13.9. The lowest BCUT2D eigenvalue weighted by atomic mass is 9.97. The lowest BCUT2D eigenvalue weighted by molar-refractivity contribution is -0.130. The van der Waals surface area contributed by atoms with Crippen LogP contribution >= 0.6 is 0 Å². The van der Waals surface area contributed by atoms with Crippen LogP contribution in [0.2, 0.25) is 0 Å². The Morgan fingerprint density at radius 2 is 1.85 bits per heavy atom. The number of carbonyl (C=O) groups is 4. The Kier molecular flexibility index (Phi) is 10.9. The average Bonchev–Trinajstić information content (AvgIpc) is 3.45. The van der Waals surface area contributed by atoms with Crippen molar-refractivity contribution in [3.05, 3.63) is 35.9 Å². The van der Waals surface area contributed by atoms with E-state index in [-0.39, 0.29) is 43.2 Å². The van der Waals surface area contributed by atoms with Crippen molar-refractivity contribution in [2.75, 3.05) is 13.2 Å². The third kappa shape index (κ3) is 8.89. The number of nitrogens with one attached hydrogen (secondary N) is 3. The zero-order valence-corrected chi connectivity index (χ0v) is 23.4. The van der Waals surface area contributed by atoms with Crippen LogP contribution in [0.1, 0.15) is 51.5 Å². The average molecular weight is 583 g/mol. The summed E-state index contributed by atoms with van der Waals surface area (Å²) in [6.45, 7) is 4.29. The van der Waals surface area contributed by atoms with E-state index in [1.165, 1.54) is 0 Å². The summed E-state index contributed by atoms with van der Waals surface area (Å²) >= 11 is 0. The molecule has 0 aliphatic carbocycles. The van der Waals surface area contributed by atoms with Gasteiger partial charge in [0.05, 0.1) is 12.1 Å². The van der Waals surface area contributed by atoms with Crippen molar-refractivity contribution in [1.82, 2.24) is 20.9 Å². The third-order valence-corrected chi connectivity index (χ3v) is 7.99. The summed E-state index contributed by atoms with van der Waals surface area (Å²) in [6.07, 6.45) is 0.234. The molecule has 14 heteroatoms. The molecular weight excluding hydrogens is 544 g/mol.